The fraction of sp³-hybridized carbons (Fsp3) is 0.471. The predicted molar refractivity (Wildman–Crippen MR) is 81.4 cm³/mol. The second-order valence-electron chi connectivity index (χ2n) is 6.40. The molecule has 0 radical (unpaired) electrons. The Morgan fingerprint density at radius 3 is 2.95 bits per heavy atom. The highest BCUT2D eigenvalue weighted by Gasteiger charge is 2.25. The molecule has 3 nitrogen and oxygen atoms in total. The maximum absolute atomic E-state index is 10.6. The molecule has 1 N–H and O–H groups in total. The molecule has 1 aromatic rings. The average Bonchev–Trinajstić information content (AvgIpc) is 2.35. The number of carboxylic acids is 1. The van der Waals surface area contributed by atoms with Crippen molar-refractivity contribution < 1.29 is 9.90 Å². The molecule has 1 aromatic carbocycles. The van der Waals surface area contributed by atoms with E-state index in [4.69, 9.17) is 5.11 Å². The van der Waals surface area contributed by atoms with E-state index in [1.54, 1.807) is 6.08 Å². The van der Waals surface area contributed by atoms with Crippen LogP contribution in [0.3, 0.4) is 0 Å². The summed E-state index contributed by atoms with van der Waals surface area (Å²) in [5.74, 6) is -0.909. The fourth-order valence-electron chi connectivity index (χ4n) is 2.90. The third-order valence-electron chi connectivity index (χ3n) is 3.76. The van der Waals surface area contributed by atoms with Gasteiger partial charge in [0.05, 0.1) is 0 Å². The van der Waals surface area contributed by atoms with Gasteiger partial charge < -0.3 is 5.11 Å². The van der Waals surface area contributed by atoms with E-state index in [0.29, 0.717) is 5.41 Å². The van der Waals surface area contributed by atoms with Crippen molar-refractivity contribution in [2.24, 2.45) is 5.41 Å². The fourth-order valence-corrected chi connectivity index (χ4v) is 2.90. The Morgan fingerprint density at radius 2 is 2.25 bits per heavy atom. The van der Waals surface area contributed by atoms with Crippen LogP contribution in [0.4, 0.5) is 0 Å². The quantitative estimate of drug-likeness (QED) is 0.855. The highest BCUT2D eigenvalue weighted by Crippen LogP contribution is 2.29. The molecule has 0 aromatic heterocycles. The zero-order chi connectivity index (χ0) is 14.6. The van der Waals surface area contributed by atoms with E-state index in [-0.39, 0.29) is 0 Å². The van der Waals surface area contributed by atoms with Crippen LogP contribution in [0.5, 0.6) is 0 Å². The van der Waals surface area contributed by atoms with Crippen molar-refractivity contribution in [3.63, 3.8) is 0 Å². The maximum Gasteiger partial charge on any atom is 0.328 e. The summed E-state index contributed by atoms with van der Waals surface area (Å²) in [7, 11) is 0. The van der Waals surface area contributed by atoms with E-state index in [9.17, 15) is 4.79 Å². The van der Waals surface area contributed by atoms with Crippen LogP contribution in [0.25, 0.3) is 6.08 Å². The number of nitrogens with zero attached hydrogens (tertiary/aromatic N) is 1. The molecule has 2 rings (SSSR count). The van der Waals surface area contributed by atoms with Crippen LogP contribution in [0, 0.1) is 5.41 Å². The number of hydrogen-bond donors (Lipinski definition) is 1. The van der Waals surface area contributed by atoms with Gasteiger partial charge in [-0.25, -0.2) is 4.79 Å². The zero-order valence-electron chi connectivity index (χ0n) is 12.3. The maximum atomic E-state index is 10.6. The van der Waals surface area contributed by atoms with E-state index in [1.165, 1.54) is 24.5 Å². The lowest BCUT2D eigenvalue weighted by Gasteiger charge is -2.38. The summed E-state index contributed by atoms with van der Waals surface area (Å²) in [6.45, 7) is 7.87. The number of likely N-dealkylation sites (tertiary alicyclic amines) is 1. The predicted octanol–water partition coefficient (Wildman–Crippen LogP) is 3.41. The minimum Gasteiger partial charge on any atom is -0.478 e. The molecule has 20 heavy (non-hydrogen) atoms. The van der Waals surface area contributed by atoms with Crippen molar-refractivity contribution in [2.75, 3.05) is 13.1 Å². The normalized spacial score (nSPS) is 19.3. The van der Waals surface area contributed by atoms with E-state index >= 15 is 0 Å². The summed E-state index contributed by atoms with van der Waals surface area (Å²) in [5, 5.41) is 8.67. The molecule has 0 amide bonds. The van der Waals surface area contributed by atoms with E-state index in [1.807, 2.05) is 12.1 Å². The topological polar surface area (TPSA) is 40.5 Å². The first kappa shape index (κ1) is 14.8. The molecule has 0 unspecified atom stereocenters. The van der Waals surface area contributed by atoms with Gasteiger partial charge >= 0.3 is 5.97 Å². The van der Waals surface area contributed by atoms with Crippen LogP contribution in [0.15, 0.2) is 30.3 Å². The minimum atomic E-state index is -0.909. The summed E-state index contributed by atoms with van der Waals surface area (Å²) in [6, 6.07) is 8.11. The summed E-state index contributed by atoms with van der Waals surface area (Å²) in [4.78, 5) is 13.0. The Bertz CT molecular complexity index is 505. The molecule has 3 heteroatoms. The molecule has 1 heterocycles. The molecule has 0 bridgehead atoms. The van der Waals surface area contributed by atoms with Crippen molar-refractivity contribution in [1.82, 2.24) is 4.90 Å². The highest BCUT2D eigenvalue weighted by molar-refractivity contribution is 5.85. The molecule has 0 saturated carbocycles. The Labute approximate surface area is 120 Å². The molecule has 0 atom stereocenters. The summed E-state index contributed by atoms with van der Waals surface area (Å²) < 4.78 is 0. The molecule has 1 aliphatic rings. The van der Waals surface area contributed by atoms with Crippen molar-refractivity contribution in [1.29, 1.82) is 0 Å². The number of carbonyl (C=O) groups is 1. The smallest absolute Gasteiger partial charge is 0.328 e. The number of benzene rings is 1. The lowest BCUT2D eigenvalue weighted by atomic mass is 9.84. The van der Waals surface area contributed by atoms with Crippen LogP contribution in [0.2, 0.25) is 0 Å². The molecule has 0 aliphatic carbocycles. The Kier molecular flexibility index (Phi) is 4.61. The third-order valence-corrected chi connectivity index (χ3v) is 3.76. The highest BCUT2D eigenvalue weighted by atomic mass is 16.4. The van der Waals surface area contributed by atoms with Gasteiger partial charge in [0.2, 0.25) is 0 Å². The second kappa shape index (κ2) is 6.23. The van der Waals surface area contributed by atoms with Gasteiger partial charge in [-0.1, -0.05) is 38.1 Å². The summed E-state index contributed by atoms with van der Waals surface area (Å²) in [6.07, 6.45) is 5.38. The van der Waals surface area contributed by atoms with Gasteiger partial charge in [-0.3, -0.25) is 4.90 Å². The van der Waals surface area contributed by atoms with Crippen LogP contribution in [-0.2, 0) is 11.3 Å². The van der Waals surface area contributed by atoms with Crippen molar-refractivity contribution >= 4 is 12.0 Å². The zero-order valence-corrected chi connectivity index (χ0v) is 12.3. The SMILES string of the molecule is CC1(C)CCCN(Cc2cccc(C=CC(=O)O)c2)C1. The molecule has 0 spiro atoms. The summed E-state index contributed by atoms with van der Waals surface area (Å²) in [5.41, 5.74) is 2.59. The molecule has 1 saturated heterocycles. The van der Waals surface area contributed by atoms with Gasteiger partial charge in [-0.05, 0) is 42.0 Å². The first-order valence-electron chi connectivity index (χ1n) is 7.17. The van der Waals surface area contributed by atoms with Crippen molar-refractivity contribution in [2.45, 2.75) is 33.2 Å². The van der Waals surface area contributed by atoms with E-state index in [0.717, 1.165) is 25.2 Å². The first-order valence-corrected chi connectivity index (χ1v) is 7.17. The van der Waals surface area contributed by atoms with Crippen LogP contribution >= 0.6 is 0 Å². The Morgan fingerprint density at radius 1 is 1.45 bits per heavy atom. The van der Waals surface area contributed by atoms with Crippen LogP contribution in [0.1, 0.15) is 37.8 Å². The lowest BCUT2D eigenvalue weighted by Crippen LogP contribution is -2.39. The van der Waals surface area contributed by atoms with Crippen molar-refractivity contribution in [3.8, 4) is 0 Å². The largest absolute Gasteiger partial charge is 0.478 e. The number of hydrogen-bond acceptors (Lipinski definition) is 2. The first-order chi connectivity index (χ1) is 9.44. The summed E-state index contributed by atoms with van der Waals surface area (Å²) >= 11 is 0. The third kappa shape index (κ3) is 4.49. The minimum absolute atomic E-state index is 0.402. The molecule has 1 fully saturated rings. The standard InChI is InChI=1S/C17H23NO2/c1-17(2)9-4-10-18(13-17)12-15-6-3-5-14(11-15)7-8-16(19)20/h3,5-8,11H,4,9-10,12-13H2,1-2H3,(H,19,20). The average molecular weight is 273 g/mol. The van der Waals surface area contributed by atoms with Gasteiger partial charge in [0.15, 0.2) is 0 Å². The lowest BCUT2D eigenvalue weighted by molar-refractivity contribution is -0.131. The van der Waals surface area contributed by atoms with Gasteiger partial charge in [-0.2, -0.15) is 0 Å². The molecule has 108 valence electrons. The van der Waals surface area contributed by atoms with Gasteiger partial charge in [0.25, 0.3) is 0 Å². The van der Waals surface area contributed by atoms with E-state index < -0.39 is 5.97 Å². The van der Waals surface area contributed by atoms with E-state index in [2.05, 4.69) is 30.9 Å². The van der Waals surface area contributed by atoms with Gasteiger partial charge in [0, 0.05) is 19.2 Å². The molecular formula is C17H23NO2. The Hall–Kier alpha value is -1.61. The van der Waals surface area contributed by atoms with Crippen LogP contribution < -0.4 is 0 Å². The second-order valence-corrected chi connectivity index (χ2v) is 6.40. The molecular weight excluding hydrogens is 250 g/mol. The number of piperidine rings is 1. The van der Waals surface area contributed by atoms with Gasteiger partial charge in [-0.15, -0.1) is 0 Å². The number of aliphatic carboxylic acids is 1. The Balaban J connectivity index is 2.02. The molecule has 1 aliphatic heterocycles. The monoisotopic (exact) mass is 273 g/mol. The van der Waals surface area contributed by atoms with Gasteiger partial charge in [0.1, 0.15) is 0 Å². The number of rotatable bonds is 4. The number of carboxylic acid groups (broad SMARTS) is 1. The van der Waals surface area contributed by atoms with Crippen molar-refractivity contribution in [3.05, 3.63) is 41.5 Å². The van der Waals surface area contributed by atoms with Crippen LogP contribution in [-0.4, -0.2) is 29.1 Å².